The van der Waals surface area contributed by atoms with Crippen molar-refractivity contribution in [3.8, 4) is 0 Å². The number of hydrogen-bond acceptors (Lipinski definition) is 4. The van der Waals surface area contributed by atoms with E-state index in [0.717, 1.165) is 29.6 Å². The smallest absolute Gasteiger partial charge is 0.239 e. The summed E-state index contributed by atoms with van der Waals surface area (Å²) in [7, 11) is 0.443. The van der Waals surface area contributed by atoms with Crippen molar-refractivity contribution in [3.63, 3.8) is 0 Å². The molecular weight excluding hydrogens is 314 g/mol. The van der Waals surface area contributed by atoms with Gasteiger partial charge in [0.1, 0.15) is 0 Å². The lowest BCUT2D eigenvalue weighted by molar-refractivity contribution is -0.116. The number of nitrogens with one attached hydrogen (secondary N) is 1. The molecule has 130 valence electrons. The third kappa shape index (κ3) is 7.11. The number of amides is 1. The average Bonchev–Trinajstić information content (AvgIpc) is 2.40. The Balaban J connectivity index is 2.71. The van der Waals surface area contributed by atoms with Gasteiger partial charge in [-0.05, 0) is 58.1 Å². The zero-order valence-electron chi connectivity index (χ0n) is 14.6. The number of carbonyl (C=O) groups excluding carboxylic acids is 1. The van der Waals surface area contributed by atoms with Crippen LogP contribution in [0.5, 0.6) is 0 Å². The molecule has 0 unspecified atom stereocenters. The highest BCUT2D eigenvalue weighted by molar-refractivity contribution is 7.88. The molecule has 0 aliphatic heterocycles. The van der Waals surface area contributed by atoms with Gasteiger partial charge in [-0.25, -0.2) is 8.42 Å². The van der Waals surface area contributed by atoms with Crippen LogP contribution in [0.1, 0.15) is 17.5 Å². The summed E-state index contributed by atoms with van der Waals surface area (Å²) in [5.41, 5.74) is 2.70. The Bertz CT molecular complexity index is 642. The minimum Gasteiger partial charge on any atom is -0.325 e. The van der Waals surface area contributed by atoms with E-state index in [0.29, 0.717) is 13.0 Å². The summed E-state index contributed by atoms with van der Waals surface area (Å²) in [4.78, 5) is 14.2. The van der Waals surface area contributed by atoms with Gasteiger partial charge in [-0.2, -0.15) is 4.31 Å². The molecule has 0 saturated heterocycles. The third-order valence-corrected chi connectivity index (χ3v) is 4.72. The number of rotatable bonds is 8. The third-order valence-electron chi connectivity index (χ3n) is 3.47. The SMILES string of the molecule is Cc1ccc(C)c(NC(=O)CN(CCCN(C)C)S(C)(=O)=O)c1. The molecule has 0 aliphatic rings. The number of sulfonamides is 1. The molecule has 23 heavy (non-hydrogen) atoms. The highest BCUT2D eigenvalue weighted by atomic mass is 32.2. The van der Waals surface area contributed by atoms with Crippen LogP contribution in [0, 0.1) is 13.8 Å². The van der Waals surface area contributed by atoms with Crippen LogP contribution in [-0.2, 0) is 14.8 Å². The molecule has 0 aromatic heterocycles. The Labute approximate surface area is 139 Å². The second-order valence-electron chi connectivity index (χ2n) is 6.12. The first kappa shape index (κ1) is 19.6. The van der Waals surface area contributed by atoms with Crippen LogP contribution < -0.4 is 5.32 Å². The first-order valence-corrected chi connectivity index (χ1v) is 9.41. The van der Waals surface area contributed by atoms with Gasteiger partial charge in [0.05, 0.1) is 12.8 Å². The highest BCUT2D eigenvalue weighted by Gasteiger charge is 2.20. The molecule has 7 heteroatoms. The fraction of sp³-hybridized carbons (Fsp3) is 0.562. The molecule has 0 atom stereocenters. The van der Waals surface area contributed by atoms with E-state index in [2.05, 4.69) is 5.32 Å². The first-order valence-electron chi connectivity index (χ1n) is 7.56. The summed E-state index contributed by atoms with van der Waals surface area (Å²) in [6.45, 7) is 4.78. The van der Waals surface area contributed by atoms with Gasteiger partial charge in [-0.1, -0.05) is 12.1 Å². The van der Waals surface area contributed by atoms with E-state index in [4.69, 9.17) is 0 Å². The summed E-state index contributed by atoms with van der Waals surface area (Å²) in [5, 5.41) is 2.80. The number of nitrogens with zero attached hydrogens (tertiary/aromatic N) is 2. The van der Waals surface area contributed by atoms with E-state index in [1.54, 1.807) is 0 Å². The van der Waals surface area contributed by atoms with Crippen LogP contribution in [0.3, 0.4) is 0 Å². The van der Waals surface area contributed by atoms with Crippen LogP contribution in [0.25, 0.3) is 0 Å². The standard InChI is InChI=1S/C16H27N3O3S/c1-13-7-8-14(2)15(11-13)17-16(20)12-19(23(5,21)22)10-6-9-18(3)4/h7-8,11H,6,9-10,12H2,1-5H3,(H,17,20). The molecule has 1 aromatic rings. The van der Waals surface area contributed by atoms with Crippen molar-refractivity contribution in [3.05, 3.63) is 29.3 Å². The fourth-order valence-corrected chi connectivity index (χ4v) is 2.96. The molecule has 0 bridgehead atoms. The second kappa shape index (κ2) is 8.42. The van der Waals surface area contributed by atoms with Crippen molar-refractivity contribution < 1.29 is 13.2 Å². The minimum absolute atomic E-state index is 0.167. The van der Waals surface area contributed by atoms with E-state index in [1.165, 1.54) is 4.31 Å². The lowest BCUT2D eigenvalue weighted by Crippen LogP contribution is -2.38. The summed E-state index contributed by atoms with van der Waals surface area (Å²) < 4.78 is 24.9. The van der Waals surface area contributed by atoms with Crippen molar-refractivity contribution in [1.82, 2.24) is 9.21 Å². The lowest BCUT2D eigenvalue weighted by atomic mass is 10.1. The molecule has 0 heterocycles. The number of hydrogen-bond donors (Lipinski definition) is 1. The Hall–Kier alpha value is -1.44. The molecule has 6 nitrogen and oxygen atoms in total. The molecule has 1 rings (SSSR count). The molecule has 0 spiro atoms. The predicted octanol–water partition coefficient (Wildman–Crippen LogP) is 1.46. The maximum atomic E-state index is 12.2. The molecule has 0 radical (unpaired) electrons. The molecule has 0 aliphatic carbocycles. The Morgan fingerprint density at radius 2 is 1.83 bits per heavy atom. The van der Waals surface area contributed by atoms with Crippen LogP contribution in [0.4, 0.5) is 5.69 Å². The van der Waals surface area contributed by atoms with Gasteiger partial charge in [0, 0.05) is 12.2 Å². The van der Waals surface area contributed by atoms with E-state index in [1.807, 2.05) is 51.0 Å². The van der Waals surface area contributed by atoms with Gasteiger partial charge >= 0.3 is 0 Å². The van der Waals surface area contributed by atoms with Crippen LogP contribution >= 0.6 is 0 Å². The summed E-state index contributed by atoms with van der Waals surface area (Å²) >= 11 is 0. The Morgan fingerprint density at radius 3 is 2.39 bits per heavy atom. The van der Waals surface area contributed by atoms with Gasteiger partial charge < -0.3 is 10.2 Å². The quantitative estimate of drug-likeness (QED) is 0.777. The lowest BCUT2D eigenvalue weighted by Gasteiger charge is -2.20. The molecule has 0 fully saturated rings. The molecule has 1 aromatic carbocycles. The van der Waals surface area contributed by atoms with Gasteiger partial charge in [0.25, 0.3) is 0 Å². The van der Waals surface area contributed by atoms with Crippen molar-refractivity contribution in [1.29, 1.82) is 0 Å². The first-order chi connectivity index (χ1) is 10.6. The van der Waals surface area contributed by atoms with E-state index >= 15 is 0 Å². The van der Waals surface area contributed by atoms with Crippen LogP contribution in [0.2, 0.25) is 0 Å². The van der Waals surface area contributed by atoms with E-state index in [-0.39, 0.29) is 12.5 Å². The number of aryl methyl sites for hydroxylation is 2. The highest BCUT2D eigenvalue weighted by Crippen LogP contribution is 2.16. The summed E-state index contributed by atoms with van der Waals surface area (Å²) in [6.07, 6.45) is 1.81. The minimum atomic E-state index is -3.41. The normalized spacial score (nSPS) is 12.0. The van der Waals surface area contributed by atoms with Crippen molar-refractivity contribution in [2.75, 3.05) is 45.3 Å². The molecule has 1 N–H and O–H groups in total. The second-order valence-corrected chi connectivity index (χ2v) is 8.10. The van der Waals surface area contributed by atoms with Gasteiger partial charge in [0.2, 0.25) is 15.9 Å². The van der Waals surface area contributed by atoms with Crippen LogP contribution in [-0.4, -0.2) is 63.5 Å². The maximum Gasteiger partial charge on any atom is 0.239 e. The topological polar surface area (TPSA) is 69.7 Å². The Kier molecular flexibility index (Phi) is 7.18. The molecule has 1 amide bonds. The number of anilines is 1. The Morgan fingerprint density at radius 1 is 1.17 bits per heavy atom. The van der Waals surface area contributed by atoms with Gasteiger partial charge in [-0.3, -0.25) is 4.79 Å². The summed E-state index contributed by atoms with van der Waals surface area (Å²) in [5.74, 6) is -0.325. The van der Waals surface area contributed by atoms with E-state index < -0.39 is 10.0 Å². The maximum absolute atomic E-state index is 12.2. The number of carbonyl (C=O) groups is 1. The molecule has 0 saturated carbocycles. The molecular formula is C16H27N3O3S. The van der Waals surface area contributed by atoms with Crippen molar-refractivity contribution >= 4 is 21.6 Å². The summed E-state index contributed by atoms with van der Waals surface area (Å²) in [6, 6.07) is 5.77. The van der Waals surface area contributed by atoms with Crippen LogP contribution in [0.15, 0.2) is 18.2 Å². The van der Waals surface area contributed by atoms with Crippen molar-refractivity contribution in [2.45, 2.75) is 20.3 Å². The van der Waals surface area contributed by atoms with Crippen molar-refractivity contribution in [2.24, 2.45) is 0 Å². The fourth-order valence-electron chi connectivity index (χ4n) is 2.15. The zero-order chi connectivity index (χ0) is 17.6. The average molecular weight is 341 g/mol. The predicted molar refractivity (Wildman–Crippen MR) is 94.1 cm³/mol. The number of benzene rings is 1. The zero-order valence-corrected chi connectivity index (χ0v) is 15.4. The largest absolute Gasteiger partial charge is 0.325 e. The van der Waals surface area contributed by atoms with Gasteiger partial charge in [-0.15, -0.1) is 0 Å². The monoisotopic (exact) mass is 341 g/mol. The van der Waals surface area contributed by atoms with E-state index in [9.17, 15) is 13.2 Å². The van der Waals surface area contributed by atoms with Gasteiger partial charge in [0.15, 0.2) is 0 Å².